The van der Waals surface area contributed by atoms with Crippen molar-refractivity contribution in [3.8, 4) is 0 Å². The van der Waals surface area contributed by atoms with Crippen molar-refractivity contribution >= 4 is 17.7 Å². The molecule has 1 N–H and O–H groups in total. The average Bonchev–Trinajstić information content (AvgIpc) is 2.70. The molecule has 5 nitrogen and oxygen atoms in total. The van der Waals surface area contributed by atoms with Crippen LogP contribution in [0, 0.1) is 0 Å². The number of carbonyl (C=O) groups is 1. The Morgan fingerprint density at radius 2 is 2.26 bits per heavy atom. The Labute approximate surface area is 114 Å². The van der Waals surface area contributed by atoms with Crippen LogP contribution in [0.3, 0.4) is 0 Å². The average molecular weight is 275 g/mol. The van der Waals surface area contributed by atoms with Gasteiger partial charge >= 0.3 is 5.97 Å². The largest absolute Gasteiger partial charge is 0.481 e. The zero-order valence-electron chi connectivity index (χ0n) is 10.4. The van der Waals surface area contributed by atoms with Crippen LogP contribution in [0.1, 0.15) is 22.9 Å². The van der Waals surface area contributed by atoms with Crippen LogP contribution in [-0.2, 0) is 18.3 Å². The van der Waals surface area contributed by atoms with Crippen LogP contribution < -0.4 is 0 Å². The second kappa shape index (κ2) is 4.70. The first-order chi connectivity index (χ1) is 9.16. The Morgan fingerprint density at radius 3 is 3.00 bits per heavy atom. The molecule has 1 aliphatic carbocycles. The first kappa shape index (κ1) is 12.2. The van der Waals surface area contributed by atoms with Gasteiger partial charge in [0.15, 0.2) is 5.16 Å². The van der Waals surface area contributed by atoms with Crippen LogP contribution in [0.4, 0.5) is 0 Å². The minimum atomic E-state index is -0.844. The molecule has 2 aromatic rings. The number of benzene rings is 1. The standard InChI is InChI=1S/C13H13N3O2S/c1-16-12(14-15-13(16)19-7-11(17)18)10-6-8-4-2-3-5-9(8)10/h2-5,10H,6-7H2,1H3,(H,17,18). The van der Waals surface area contributed by atoms with Crippen molar-refractivity contribution in [2.24, 2.45) is 7.05 Å². The lowest BCUT2D eigenvalue weighted by atomic mass is 9.77. The number of hydrogen-bond acceptors (Lipinski definition) is 4. The summed E-state index contributed by atoms with van der Waals surface area (Å²) in [6.45, 7) is 0. The maximum atomic E-state index is 10.6. The smallest absolute Gasteiger partial charge is 0.313 e. The molecule has 0 saturated carbocycles. The second-order valence-electron chi connectivity index (χ2n) is 4.54. The molecule has 1 heterocycles. The summed E-state index contributed by atoms with van der Waals surface area (Å²) in [5.74, 6) is 0.357. The first-order valence-corrected chi connectivity index (χ1v) is 6.97. The molecule has 0 spiro atoms. The monoisotopic (exact) mass is 275 g/mol. The molecule has 98 valence electrons. The zero-order valence-corrected chi connectivity index (χ0v) is 11.2. The van der Waals surface area contributed by atoms with E-state index in [1.54, 1.807) is 0 Å². The van der Waals surface area contributed by atoms with Gasteiger partial charge in [0.05, 0.1) is 5.75 Å². The Bertz CT molecular complexity index is 639. The summed E-state index contributed by atoms with van der Waals surface area (Å²) in [7, 11) is 1.89. The highest BCUT2D eigenvalue weighted by atomic mass is 32.2. The van der Waals surface area contributed by atoms with E-state index in [1.165, 1.54) is 22.9 Å². The maximum absolute atomic E-state index is 10.6. The summed E-state index contributed by atoms with van der Waals surface area (Å²) in [5.41, 5.74) is 2.66. The molecule has 0 radical (unpaired) electrons. The number of rotatable bonds is 4. The van der Waals surface area contributed by atoms with E-state index in [0.29, 0.717) is 5.16 Å². The van der Waals surface area contributed by atoms with Gasteiger partial charge < -0.3 is 9.67 Å². The number of aliphatic carboxylic acids is 1. The molecular weight excluding hydrogens is 262 g/mol. The van der Waals surface area contributed by atoms with Gasteiger partial charge in [0.2, 0.25) is 0 Å². The lowest BCUT2D eigenvalue weighted by Crippen LogP contribution is -2.21. The lowest BCUT2D eigenvalue weighted by molar-refractivity contribution is -0.133. The molecular formula is C13H13N3O2S. The maximum Gasteiger partial charge on any atom is 0.313 e. The van der Waals surface area contributed by atoms with Crippen LogP contribution in [0.15, 0.2) is 29.4 Å². The lowest BCUT2D eigenvalue weighted by Gasteiger charge is -2.29. The van der Waals surface area contributed by atoms with E-state index in [9.17, 15) is 4.79 Å². The van der Waals surface area contributed by atoms with E-state index in [0.717, 1.165) is 12.2 Å². The third-order valence-electron chi connectivity index (χ3n) is 3.36. The minimum absolute atomic E-state index is 0.00717. The molecule has 1 aliphatic rings. The van der Waals surface area contributed by atoms with Crippen LogP contribution >= 0.6 is 11.8 Å². The number of aromatic nitrogens is 3. The van der Waals surface area contributed by atoms with Crippen molar-refractivity contribution in [3.63, 3.8) is 0 Å². The topological polar surface area (TPSA) is 68.0 Å². The second-order valence-corrected chi connectivity index (χ2v) is 5.48. The highest BCUT2D eigenvalue weighted by Crippen LogP contribution is 2.39. The number of thioether (sulfide) groups is 1. The molecule has 0 bridgehead atoms. The fourth-order valence-electron chi connectivity index (χ4n) is 2.37. The Kier molecular flexibility index (Phi) is 3.02. The van der Waals surface area contributed by atoms with E-state index in [4.69, 9.17) is 5.11 Å². The van der Waals surface area contributed by atoms with Crippen LogP contribution in [0.5, 0.6) is 0 Å². The van der Waals surface area contributed by atoms with Crippen LogP contribution in [0.25, 0.3) is 0 Å². The van der Waals surface area contributed by atoms with E-state index in [1.807, 2.05) is 23.7 Å². The molecule has 1 aromatic heterocycles. The number of fused-ring (bicyclic) bond motifs is 1. The fraction of sp³-hybridized carbons (Fsp3) is 0.308. The highest BCUT2D eigenvalue weighted by Gasteiger charge is 2.31. The van der Waals surface area contributed by atoms with Gasteiger partial charge in [-0.25, -0.2) is 0 Å². The number of nitrogens with zero attached hydrogens (tertiary/aromatic N) is 3. The van der Waals surface area contributed by atoms with Crippen molar-refractivity contribution in [2.75, 3.05) is 5.75 Å². The molecule has 6 heteroatoms. The van der Waals surface area contributed by atoms with Crippen molar-refractivity contribution in [2.45, 2.75) is 17.5 Å². The molecule has 0 fully saturated rings. The van der Waals surface area contributed by atoms with Gasteiger partial charge in [0.1, 0.15) is 5.82 Å². The van der Waals surface area contributed by atoms with E-state index in [2.05, 4.69) is 22.3 Å². The van der Waals surface area contributed by atoms with Gasteiger partial charge in [-0.3, -0.25) is 4.79 Å². The molecule has 3 rings (SSSR count). The molecule has 1 aromatic carbocycles. The molecule has 0 aliphatic heterocycles. The number of hydrogen-bond donors (Lipinski definition) is 1. The highest BCUT2D eigenvalue weighted by molar-refractivity contribution is 7.99. The van der Waals surface area contributed by atoms with Crippen molar-refractivity contribution in [1.82, 2.24) is 14.8 Å². The van der Waals surface area contributed by atoms with Gasteiger partial charge in [0.25, 0.3) is 0 Å². The Balaban J connectivity index is 1.82. The van der Waals surface area contributed by atoms with Crippen molar-refractivity contribution < 1.29 is 9.90 Å². The predicted octanol–water partition coefficient (Wildman–Crippen LogP) is 1.68. The van der Waals surface area contributed by atoms with Gasteiger partial charge in [-0.2, -0.15) is 0 Å². The molecule has 1 atom stereocenters. The summed E-state index contributed by atoms with van der Waals surface area (Å²) >= 11 is 1.20. The first-order valence-electron chi connectivity index (χ1n) is 5.98. The predicted molar refractivity (Wildman–Crippen MR) is 71.4 cm³/mol. The minimum Gasteiger partial charge on any atom is -0.481 e. The Hall–Kier alpha value is -1.82. The van der Waals surface area contributed by atoms with Crippen molar-refractivity contribution in [3.05, 3.63) is 41.2 Å². The van der Waals surface area contributed by atoms with Gasteiger partial charge in [-0.15, -0.1) is 10.2 Å². The molecule has 0 saturated heterocycles. The van der Waals surface area contributed by atoms with E-state index >= 15 is 0 Å². The van der Waals surface area contributed by atoms with Gasteiger partial charge in [-0.1, -0.05) is 36.0 Å². The van der Waals surface area contributed by atoms with E-state index in [-0.39, 0.29) is 11.7 Å². The van der Waals surface area contributed by atoms with Crippen LogP contribution in [-0.4, -0.2) is 31.6 Å². The summed E-state index contributed by atoms with van der Waals surface area (Å²) in [4.78, 5) is 10.6. The summed E-state index contributed by atoms with van der Waals surface area (Å²) in [6, 6.07) is 8.31. The molecule has 19 heavy (non-hydrogen) atoms. The molecule has 0 amide bonds. The van der Waals surface area contributed by atoms with Crippen LogP contribution in [0.2, 0.25) is 0 Å². The third-order valence-corrected chi connectivity index (χ3v) is 4.36. The fourth-order valence-corrected chi connectivity index (χ4v) is 3.01. The Morgan fingerprint density at radius 1 is 1.47 bits per heavy atom. The summed E-state index contributed by atoms with van der Waals surface area (Å²) < 4.78 is 1.90. The number of carboxylic acid groups (broad SMARTS) is 1. The van der Waals surface area contributed by atoms with Gasteiger partial charge in [0, 0.05) is 13.0 Å². The third kappa shape index (κ3) is 2.12. The summed E-state index contributed by atoms with van der Waals surface area (Å²) in [5, 5.41) is 17.6. The zero-order chi connectivity index (χ0) is 13.4. The van der Waals surface area contributed by atoms with Crippen molar-refractivity contribution in [1.29, 1.82) is 0 Å². The normalized spacial score (nSPS) is 16.8. The SMILES string of the molecule is Cn1c(SCC(=O)O)nnc1C1Cc2ccccc21. The quantitative estimate of drug-likeness (QED) is 0.860. The summed E-state index contributed by atoms with van der Waals surface area (Å²) in [6.07, 6.45) is 0.978. The molecule has 1 unspecified atom stereocenters. The number of carboxylic acids is 1. The van der Waals surface area contributed by atoms with Gasteiger partial charge in [-0.05, 0) is 17.5 Å². The van der Waals surface area contributed by atoms with E-state index < -0.39 is 5.97 Å².